The van der Waals surface area contributed by atoms with Crippen LogP contribution in [0.15, 0.2) is 0 Å². The van der Waals surface area contributed by atoms with Crippen LogP contribution in [0.3, 0.4) is 0 Å². The van der Waals surface area contributed by atoms with Gasteiger partial charge in [-0.25, -0.2) is 0 Å². The van der Waals surface area contributed by atoms with E-state index in [2.05, 4.69) is 0 Å². The predicted octanol–water partition coefficient (Wildman–Crippen LogP) is 0.907. The molecule has 0 aliphatic heterocycles. The normalized spacial score (nSPS) is 10.7. The molecule has 0 bridgehead atoms. The Balaban J connectivity index is 3.87. The number of nitro groups is 4. The molecule has 0 aliphatic rings. The van der Waals surface area contributed by atoms with Crippen molar-refractivity contribution >= 4 is 21.6 Å². The Kier molecular flexibility index (Phi) is 8.46. The first-order valence-corrected chi connectivity index (χ1v) is 7.54. The third kappa shape index (κ3) is 7.03. The van der Waals surface area contributed by atoms with Gasteiger partial charge in [0, 0.05) is 11.5 Å². The van der Waals surface area contributed by atoms with Crippen molar-refractivity contribution in [2.45, 2.75) is 25.2 Å². The summed E-state index contributed by atoms with van der Waals surface area (Å²) in [5.74, 6) is 0.192. The molecule has 0 rings (SSSR count). The summed E-state index contributed by atoms with van der Waals surface area (Å²) in [5.41, 5.74) is 0. The highest BCUT2D eigenvalue weighted by molar-refractivity contribution is 8.76. The van der Waals surface area contributed by atoms with Gasteiger partial charge in [0.05, 0.1) is 32.5 Å². The average Bonchev–Trinajstić information content (AvgIpc) is 2.30. The molecular weight excluding hydrogens is 320 g/mol. The Morgan fingerprint density at radius 3 is 1.10 bits per heavy atom. The van der Waals surface area contributed by atoms with Crippen molar-refractivity contribution in [3.05, 3.63) is 40.5 Å². The van der Waals surface area contributed by atoms with Crippen LogP contribution in [0.2, 0.25) is 0 Å². The van der Waals surface area contributed by atoms with Gasteiger partial charge in [-0.05, 0) is 0 Å². The van der Waals surface area contributed by atoms with Crippen LogP contribution in [-0.2, 0) is 0 Å². The summed E-state index contributed by atoms with van der Waals surface area (Å²) in [6.07, 6.45) is -4.33. The van der Waals surface area contributed by atoms with Crippen molar-refractivity contribution in [1.29, 1.82) is 0 Å². The summed E-state index contributed by atoms with van der Waals surface area (Å²) >= 11 is 0. The molecule has 0 heterocycles. The molecule has 0 saturated carbocycles. The Morgan fingerprint density at radius 2 is 0.900 bits per heavy atom. The van der Waals surface area contributed by atoms with Crippen molar-refractivity contribution in [2.24, 2.45) is 0 Å². The third-order valence-electron chi connectivity index (χ3n) is 1.98. The van der Waals surface area contributed by atoms with E-state index in [4.69, 9.17) is 0 Å². The number of hydrogen-bond donors (Lipinski definition) is 0. The lowest BCUT2D eigenvalue weighted by Gasteiger charge is -2.03. The van der Waals surface area contributed by atoms with Gasteiger partial charge in [0.25, 0.3) is 0 Å². The third-order valence-corrected chi connectivity index (χ3v) is 4.45. The number of hydrogen-bond acceptors (Lipinski definition) is 10. The van der Waals surface area contributed by atoms with Crippen molar-refractivity contribution in [3.8, 4) is 0 Å². The highest BCUT2D eigenvalue weighted by Gasteiger charge is 2.32. The van der Waals surface area contributed by atoms with Gasteiger partial charge in [0.1, 0.15) is 0 Å². The highest BCUT2D eigenvalue weighted by Crippen LogP contribution is 2.24. The molecule has 0 N–H and O–H groups in total. The van der Waals surface area contributed by atoms with Crippen LogP contribution in [0.25, 0.3) is 0 Å². The fourth-order valence-corrected chi connectivity index (χ4v) is 3.13. The molecule has 0 saturated heterocycles. The van der Waals surface area contributed by atoms with E-state index >= 15 is 0 Å². The minimum absolute atomic E-state index is 0.0961. The van der Waals surface area contributed by atoms with Crippen LogP contribution in [-0.4, -0.2) is 43.5 Å². The second-order valence-corrected chi connectivity index (χ2v) is 6.03. The van der Waals surface area contributed by atoms with E-state index in [1.54, 1.807) is 0 Å². The molecular formula is C6H10N4O8S2. The van der Waals surface area contributed by atoms with Crippen LogP contribution in [0.5, 0.6) is 0 Å². The first kappa shape index (κ1) is 18.3. The monoisotopic (exact) mass is 330 g/mol. The number of rotatable bonds is 11. The standard InChI is InChI=1S/C6H10N4O8S2/c11-7(12)5(8(13)14)1-3-19-20-4-2-6(9(15)16)10(17)18/h5-6H,1-4H2. The van der Waals surface area contributed by atoms with Crippen molar-refractivity contribution in [3.63, 3.8) is 0 Å². The molecule has 0 aromatic rings. The average molecular weight is 330 g/mol. The van der Waals surface area contributed by atoms with Crippen LogP contribution < -0.4 is 0 Å². The van der Waals surface area contributed by atoms with Gasteiger partial charge in [-0.2, -0.15) is 0 Å². The van der Waals surface area contributed by atoms with Crippen LogP contribution in [0.4, 0.5) is 0 Å². The maximum atomic E-state index is 10.3. The molecule has 20 heavy (non-hydrogen) atoms. The molecule has 14 heteroatoms. The summed E-state index contributed by atoms with van der Waals surface area (Å²) in [7, 11) is 2.09. The summed E-state index contributed by atoms with van der Waals surface area (Å²) < 4.78 is 0. The van der Waals surface area contributed by atoms with E-state index < -0.39 is 32.0 Å². The molecule has 0 spiro atoms. The molecule has 0 radical (unpaired) electrons. The van der Waals surface area contributed by atoms with Crippen LogP contribution >= 0.6 is 21.6 Å². The first-order valence-electron chi connectivity index (χ1n) is 5.05. The topological polar surface area (TPSA) is 173 Å². The predicted molar refractivity (Wildman–Crippen MR) is 69.7 cm³/mol. The number of nitrogens with zero attached hydrogens (tertiary/aromatic N) is 4. The second-order valence-electron chi connectivity index (χ2n) is 3.32. The lowest BCUT2D eigenvalue weighted by molar-refractivity contribution is -0.742. The van der Waals surface area contributed by atoms with E-state index in [0.29, 0.717) is 0 Å². The molecule has 0 unspecified atom stereocenters. The Hall–Kier alpha value is -1.70. The van der Waals surface area contributed by atoms with E-state index in [-0.39, 0.29) is 24.3 Å². The van der Waals surface area contributed by atoms with Gasteiger partial charge in [-0.15, -0.1) is 0 Å². The molecule has 0 atom stereocenters. The molecule has 0 amide bonds. The quantitative estimate of drug-likeness (QED) is 0.174. The van der Waals surface area contributed by atoms with E-state index in [1.165, 1.54) is 0 Å². The summed E-state index contributed by atoms with van der Waals surface area (Å²) in [5, 5.41) is 41.2. The zero-order chi connectivity index (χ0) is 15.7. The molecule has 12 nitrogen and oxygen atoms in total. The van der Waals surface area contributed by atoms with Gasteiger partial charge in [-0.1, -0.05) is 21.6 Å². The maximum absolute atomic E-state index is 10.3. The van der Waals surface area contributed by atoms with Crippen molar-refractivity contribution < 1.29 is 19.7 Å². The van der Waals surface area contributed by atoms with Gasteiger partial charge < -0.3 is 0 Å². The first-order chi connectivity index (χ1) is 9.27. The lowest BCUT2D eigenvalue weighted by atomic mass is 10.4. The highest BCUT2D eigenvalue weighted by atomic mass is 33.1. The fourth-order valence-electron chi connectivity index (χ4n) is 1.00. The molecule has 0 fully saturated rings. The van der Waals surface area contributed by atoms with E-state index in [1.807, 2.05) is 0 Å². The largest absolute Gasteiger partial charge is 0.451 e. The second kappa shape index (κ2) is 9.24. The minimum atomic E-state index is -1.88. The smallest absolute Gasteiger partial charge is 0.259 e. The SMILES string of the molecule is O=[N+]([O-])C(CCSSCCC([N+](=O)[O-])[N+](=O)[O-])[N+](=O)[O-]. The lowest BCUT2D eigenvalue weighted by Crippen LogP contribution is -2.29. The summed E-state index contributed by atoms with van der Waals surface area (Å²) in [6, 6.07) is 0. The zero-order valence-corrected chi connectivity index (χ0v) is 11.5. The van der Waals surface area contributed by atoms with Crippen LogP contribution in [0.1, 0.15) is 12.8 Å². The van der Waals surface area contributed by atoms with E-state index in [0.717, 1.165) is 21.6 Å². The maximum Gasteiger partial charge on any atom is 0.451 e. The molecule has 0 aromatic carbocycles. The Morgan fingerprint density at radius 1 is 0.650 bits per heavy atom. The van der Waals surface area contributed by atoms with E-state index in [9.17, 15) is 40.5 Å². The molecule has 0 aromatic heterocycles. The van der Waals surface area contributed by atoms with Gasteiger partial charge in [0.15, 0.2) is 0 Å². The Bertz CT molecular complexity index is 329. The van der Waals surface area contributed by atoms with Crippen molar-refractivity contribution in [1.82, 2.24) is 0 Å². The van der Waals surface area contributed by atoms with Gasteiger partial charge >= 0.3 is 12.3 Å². The molecule has 114 valence electrons. The fraction of sp³-hybridized carbons (Fsp3) is 1.00. The van der Waals surface area contributed by atoms with Gasteiger partial charge in [-0.3, -0.25) is 40.5 Å². The van der Waals surface area contributed by atoms with Crippen molar-refractivity contribution in [2.75, 3.05) is 11.5 Å². The van der Waals surface area contributed by atoms with Gasteiger partial charge in [0.2, 0.25) is 0 Å². The van der Waals surface area contributed by atoms with Crippen LogP contribution in [0, 0.1) is 40.5 Å². The minimum Gasteiger partial charge on any atom is -0.259 e. The Labute approximate surface area is 119 Å². The summed E-state index contributed by atoms with van der Waals surface area (Å²) in [4.78, 5) is 37.2. The molecule has 0 aliphatic carbocycles. The zero-order valence-electron chi connectivity index (χ0n) is 9.85. The summed E-state index contributed by atoms with van der Waals surface area (Å²) in [6.45, 7) is 0.